The Morgan fingerprint density at radius 3 is 2.64 bits per heavy atom. The molecular formula is C21H20BrN3O3. The molecule has 1 heterocycles. The molecule has 3 aromatic rings. The topological polar surface area (TPSA) is 77.2 Å². The largest absolute Gasteiger partial charge is 0.503 e. The second-order valence-electron chi connectivity index (χ2n) is 6.25. The number of phenols is 1. The van der Waals surface area contributed by atoms with E-state index in [-0.39, 0.29) is 11.5 Å². The number of halogens is 1. The van der Waals surface area contributed by atoms with Crippen LogP contribution in [0.25, 0.3) is 11.8 Å². The summed E-state index contributed by atoms with van der Waals surface area (Å²) in [4.78, 5) is 12.6. The molecule has 0 aliphatic carbocycles. The Hall–Kier alpha value is -2.93. The number of carbonyl (C=O) groups is 1. The van der Waals surface area contributed by atoms with Crippen LogP contribution < -0.4 is 4.74 Å². The maximum absolute atomic E-state index is 12.6. The second kappa shape index (κ2) is 8.39. The molecule has 0 unspecified atom stereocenters. The van der Waals surface area contributed by atoms with Gasteiger partial charge in [-0.05, 0) is 72.6 Å². The van der Waals surface area contributed by atoms with E-state index in [1.165, 1.54) is 6.08 Å². The molecule has 28 heavy (non-hydrogen) atoms. The molecule has 0 saturated carbocycles. The van der Waals surface area contributed by atoms with Gasteiger partial charge in [-0.2, -0.15) is 0 Å². The highest BCUT2D eigenvalue weighted by Gasteiger charge is 2.15. The summed E-state index contributed by atoms with van der Waals surface area (Å²) >= 11 is 3.29. The number of carbonyl (C=O) groups excluding carboxylic acids is 1. The average Bonchev–Trinajstić information content (AvgIpc) is 3.06. The summed E-state index contributed by atoms with van der Waals surface area (Å²) in [6.45, 7) is 6.08. The average molecular weight is 442 g/mol. The Kier molecular flexibility index (Phi) is 5.94. The van der Waals surface area contributed by atoms with Crippen molar-refractivity contribution in [2.24, 2.45) is 0 Å². The highest BCUT2D eigenvalue weighted by atomic mass is 79.9. The number of rotatable bonds is 6. The number of benzene rings is 2. The fourth-order valence-corrected chi connectivity index (χ4v) is 3.15. The monoisotopic (exact) mass is 441 g/mol. The van der Waals surface area contributed by atoms with Gasteiger partial charge in [0.15, 0.2) is 17.2 Å². The fourth-order valence-electron chi connectivity index (χ4n) is 2.69. The Morgan fingerprint density at radius 2 is 1.96 bits per heavy atom. The molecule has 0 fully saturated rings. The zero-order chi connectivity index (χ0) is 20.3. The maximum atomic E-state index is 12.6. The van der Waals surface area contributed by atoms with E-state index in [2.05, 4.69) is 26.2 Å². The molecule has 0 spiro atoms. The maximum Gasteiger partial charge on any atom is 0.208 e. The molecule has 0 aliphatic heterocycles. The normalized spacial score (nSPS) is 11.1. The third kappa shape index (κ3) is 4.14. The number of ketones is 1. The quantitative estimate of drug-likeness (QED) is 0.444. The molecule has 144 valence electrons. The number of allylic oxidation sites excluding steroid dienone is 1. The number of hydrogen-bond acceptors (Lipinski definition) is 5. The summed E-state index contributed by atoms with van der Waals surface area (Å²) in [6, 6.07) is 11.2. The third-order valence-corrected chi connectivity index (χ3v) is 4.79. The SMILES string of the molecule is CCOc1cc(C=CC(=O)c2nnn(-c3ccc(C)cc3)c2C)cc(Br)c1O. The minimum absolute atomic E-state index is 0.0298. The van der Waals surface area contributed by atoms with Crippen molar-refractivity contribution in [3.63, 3.8) is 0 Å². The van der Waals surface area contributed by atoms with E-state index in [9.17, 15) is 9.90 Å². The van der Waals surface area contributed by atoms with Crippen LogP contribution in [0.1, 0.15) is 34.2 Å². The molecule has 0 radical (unpaired) electrons. The van der Waals surface area contributed by atoms with E-state index in [0.29, 0.717) is 33.8 Å². The Balaban J connectivity index is 1.85. The lowest BCUT2D eigenvalue weighted by atomic mass is 10.1. The van der Waals surface area contributed by atoms with Crippen LogP contribution in [0.5, 0.6) is 11.5 Å². The standard InChI is InChI=1S/C21H20BrN3O3/c1-4-28-19-12-15(11-17(22)21(19)27)7-10-18(26)20-14(3)25(24-23-20)16-8-5-13(2)6-9-16/h5-12,27H,4H2,1-3H3. The summed E-state index contributed by atoms with van der Waals surface area (Å²) in [5.74, 6) is 0.130. The van der Waals surface area contributed by atoms with Crippen LogP contribution in [-0.4, -0.2) is 32.5 Å². The van der Waals surface area contributed by atoms with E-state index in [1.807, 2.05) is 45.0 Å². The van der Waals surface area contributed by atoms with Gasteiger partial charge in [0.1, 0.15) is 0 Å². The van der Waals surface area contributed by atoms with Gasteiger partial charge in [-0.1, -0.05) is 29.0 Å². The number of aryl methyl sites for hydroxylation is 1. The van der Waals surface area contributed by atoms with Crippen molar-refractivity contribution in [1.29, 1.82) is 0 Å². The molecule has 1 N–H and O–H groups in total. The minimum Gasteiger partial charge on any atom is -0.503 e. The molecule has 0 amide bonds. The van der Waals surface area contributed by atoms with Crippen molar-refractivity contribution in [1.82, 2.24) is 15.0 Å². The summed E-state index contributed by atoms with van der Waals surface area (Å²) in [5, 5.41) is 18.1. The molecule has 0 atom stereocenters. The van der Waals surface area contributed by atoms with E-state index in [0.717, 1.165) is 11.3 Å². The van der Waals surface area contributed by atoms with Gasteiger partial charge in [-0.15, -0.1) is 5.10 Å². The van der Waals surface area contributed by atoms with Gasteiger partial charge in [0.05, 0.1) is 22.5 Å². The molecule has 1 aromatic heterocycles. The van der Waals surface area contributed by atoms with Crippen LogP contribution in [0.4, 0.5) is 0 Å². The first-order valence-electron chi connectivity index (χ1n) is 8.77. The van der Waals surface area contributed by atoms with Crippen LogP contribution in [0.15, 0.2) is 46.9 Å². The first-order chi connectivity index (χ1) is 13.4. The van der Waals surface area contributed by atoms with Crippen molar-refractivity contribution < 1.29 is 14.6 Å². The molecule has 2 aromatic carbocycles. The number of phenolic OH excluding ortho intramolecular Hbond substituents is 1. The number of hydrogen-bond donors (Lipinski definition) is 1. The van der Waals surface area contributed by atoms with E-state index < -0.39 is 0 Å². The predicted octanol–water partition coefficient (Wildman–Crippen LogP) is 4.65. The minimum atomic E-state index is -0.252. The summed E-state index contributed by atoms with van der Waals surface area (Å²) in [5.41, 5.74) is 3.67. The van der Waals surface area contributed by atoms with Gasteiger partial charge < -0.3 is 9.84 Å². The van der Waals surface area contributed by atoms with Crippen molar-refractivity contribution >= 4 is 27.8 Å². The lowest BCUT2D eigenvalue weighted by Crippen LogP contribution is -2.02. The van der Waals surface area contributed by atoms with Crippen LogP contribution >= 0.6 is 15.9 Å². The number of aromatic nitrogens is 3. The van der Waals surface area contributed by atoms with E-state index in [1.54, 1.807) is 22.9 Å². The van der Waals surface area contributed by atoms with Gasteiger partial charge in [0.2, 0.25) is 5.78 Å². The van der Waals surface area contributed by atoms with Gasteiger partial charge in [0, 0.05) is 0 Å². The summed E-state index contributed by atoms with van der Waals surface area (Å²) in [7, 11) is 0. The molecule has 6 nitrogen and oxygen atoms in total. The Labute approximate surface area is 171 Å². The zero-order valence-electron chi connectivity index (χ0n) is 15.8. The molecular weight excluding hydrogens is 422 g/mol. The Bertz CT molecular complexity index is 1040. The van der Waals surface area contributed by atoms with Crippen molar-refractivity contribution in [3.05, 3.63) is 69.5 Å². The summed E-state index contributed by atoms with van der Waals surface area (Å²) < 4.78 is 7.54. The fraction of sp³-hybridized carbons (Fsp3) is 0.190. The first-order valence-corrected chi connectivity index (χ1v) is 9.57. The smallest absolute Gasteiger partial charge is 0.208 e. The second-order valence-corrected chi connectivity index (χ2v) is 7.11. The molecule has 0 aliphatic rings. The first kappa shape index (κ1) is 19.8. The van der Waals surface area contributed by atoms with Gasteiger partial charge in [0.25, 0.3) is 0 Å². The number of ether oxygens (including phenoxy) is 1. The Morgan fingerprint density at radius 1 is 1.25 bits per heavy atom. The van der Waals surface area contributed by atoms with Crippen LogP contribution in [0, 0.1) is 13.8 Å². The van der Waals surface area contributed by atoms with Crippen LogP contribution in [0.3, 0.4) is 0 Å². The molecule has 3 rings (SSSR count). The van der Waals surface area contributed by atoms with Crippen LogP contribution in [-0.2, 0) is 0 Å². The predicted molar refractivity (Wildman–Crippen MR) is 111 cm³/mol. The van der Waals surface area contributed by atoms with Crippen molar-refractivity contribution in [2.75, 3.05) is 6.61 Å². The van der Waals surface area contributed by atoms with Gasteiger partial charge in [-0.25, -0.2) is 4.68 Å². The van der Waals surface area contributed by atoms with Crippen molar-refractivity contribution in [2.45, 2.75) is 20.8 Å². The third-order valence-electron chi connectivity index (χ3n) is 4.18. The summed E-state index contributed by atoms with van der Waals surface area (Å²) in [6.07, 6.45) is 3.09. The van der Waals surface area contributed by atoms with E-state index in [4.69, 9.17) is 4.74 Å². The van der Waals surface area contributed by atoms with Crippen LogP contribution in [0.2, 0.25) is 0 Å². The number of aromatic hydroxyl groups is 1. The lowest BCUT2D eigenvalue weighted by molar-refractivity contribution is 0.104. The van der Waals surface area contributed by atoms with Crippen molar-refractivity contribution in [3.8, 4) is 17.2 Å². The molecule has 0 bridgehead atoms. The lowest BCUT2D eigenvalue weighted by Gasteiger charge is -2.08. The number of nitrogens with zero attached hydrogens (tertiary/aromatic N) is 3. The molecule has 7 heteroatoms. The van der Waals surface area contributed by atoms with Gasteiger partial charge in [-0.3, -0.25) is 4.79 Å². The van der Waals surface area contributed by atoms with E-state index >= 15 is 0 Å². The molecule has 0 saturated heterocycles. The highest BCUT2D eigenvalue weighted by Crippen LogP contribution is 2.35. The van der Waals surface area contributed by atoms with Gasteiger partial charge >= 0.3 is 0 Å². The zero-order valence-corrected chi connectivity index (χ0v) is 17.4. The highest BCUT2D eigenvalue weighted by molar-refractivity contribution is 9.10.